The van der Waals surface area contributed by atoms with Gasteiger partial charge in [0, 0.05) is 32.1 Å². The second-order valence-electron chi connectivity index (χ2n) is 14.3. The summed E-state index contributed by atoms with van der Waals surface area (Å²) >= 11 is 0. The fourth-order valence-electron chi connectivity index (χ4n) is 7.66. The molecule has 2 fully saturated rings. The maximum Gasteiger partial charge on any atom is 0.249 e. The van der Waals surface area contributed by atoms with Crippen LogP contribution in [0.5, 0.6) is 0 Å². The van der Waals surface area contributed by atoms with Crippen molar-refractivity contribution in [3.8, 4) is 6.07 Å². The normalized spacial score (nSPS) is 22.1. The lowest BCUT2D eigenvalue weighted by Crippen LogP contribution is -2.61. The number of rotatable bonds is 16. The Balaban J connectivity index is 1.38. The average molecular weight is 730 g/mol. The monoisotopic (exact) mass is 729 g/mol. The first-order valence-corrected chi connectivity index (χ1v) is 18.3. The second kappa shape index (κ2) is 17.9. The number of benzene rings is 3. The molecule has 282 valence electrons. The first kappa shape index (κ1) is 39.5. The van der Waals surface area contributed by atoms with Crippen LogP contribution < -0.4 is 16.0 Å². The summed E-state index contributed by atoms with van der Waals surface area (Å²) < 4.78 is 34.8. The fraction of sp³-hybridized carbons (Fsp3) is 0.463. The van der Waals surface area contributed by atoms with Gasteiger partial charge in [0.25, 0.3) is 0 Å². The zero-order chi connectivity index (χ0) is 38.1. The number of ether oxygens (including phenoxy) is 1. The van der Waals surface area contributed by atoms with Crippen molar-refractivity contribution in [1.29, 1.82) is 5.26 Å². The van der Waals surface area contributed by atoms with Gasteiger partial charge in [0.15, 0.2) is 0 Å². The van der Waals surface area contributed by atoms with Gasteiger partial charge in [-0.05, 0) is 79.0 Å². The zero-order valence-corrected chi connectivity index (χ0v) is 30.5. The summed E-state index contributed by atoms with van der Waals surface area (Å²) in [6.45, 7) is 6.15. The molecule has 0 aliphatic carbocycles. The van der Waals surface area contributed by atoms with Gasteiger partial charge in [-0.15, -0.1) is 0 Å². The maximum atomic E-state index is 14.5. The van der Waals surface area contributed by atoms with E-state index >= 15 is 0 Å². The molecule has 53 heavy (non-hydrogen) atoms. The van der Waals surface area contributed by atoms with Crippen LogP contribution in [0, 0.1) is 28.9 Å². The molecule has 0 unspecified atom stereocenters. The Labute approximate surface area is 309 Å². The van der Waals surface area contributed by atoms with Crippen LogP contribution in [-0.2, 0) is 38.6 Å². The highest BCUT2D eigenvalue weighted by Gasteiger charge is 2.53. The van der Waals surface area contributed by atoms with Crippen LogP contribution >= 0.6 is 0 Å². The minimum absolute atomic E-state index is 0.0890. The summed E-state index contributed by atoms with van der Waals surface area (Å²) in [6.07, 6.45) is 0.508. The second-order valence-corrected chi connectivity index (χ2v) is 14.3. The smallest absolute Gasteiger partial charge is 0.249 e. The molecule has 3 amide bonds. The molecule has 3 aromatic rings. The van der Waals surface area contributed by atoms with E-state index in [2.05, 4.69) is 22.0 Å². The van der Waals surface area contributed by atoms with Crippen LogP contribution in [0.3, 0.4) is 0 Å². The van der Waals surface area contributed by atoms with Crippen molar-refractivity contribution in [1.82, 2.24) is 20.9 Å². The number of halogens is 2. The van der Waals surface area contributed by atoms with E-state index in [-0.39, 0.29) is 55.4 Å². The zero-order valence-electron chi connectivity index (χ0n) is 30.5. The lowest BCUT2D eigenvalue weighted by atomic mass is 9.81. The third-order valence-corrected chi connectivity index (χ3v) is 10.7. The molecule has 0 saturated carbocycles. The molecule has 0 bridgehead atoms. The van der Waals surface area contributed by atoms with E-state index < -0.39 is 47.3 Å². The molecule has 2 aliphatic rings. The molecular formula is C41H49F2N5O5. The maximum absolute atomic E-state index is 14.5. The summed E-state index contributed by atoms with van der Waals surface area (Å²) in [5.74, 6) is -2.94. The van der Waals surface area contributed by atoms with Gasteiger partial charge in [-0.3, -0.25) is 14.4 Å². The Morgan fingerprint density at radius 3 is 2.47 bits per heavy atom. The number of nitrogens with one attached hydrogen (secondary N) is 3. The third-order valence-electron chi connectivity index (χ3n) is 10.7. The largest absolute Gasteiger partial charge is 0.389 e. The summed E-state index contributed by atoms with van der Waals surface area (Å²) in [5, 5.41) is 30.3. The van der Waals surface area contributed by atoms with Gasteiger partial charge in [0.1, 0.15) is 23.2 Å². The highest BCUT2D eigenvalue weighted by Crippen LogP contribution is 2.35. The first-order valence-electron chi connectivity index (χ1n) is 18.3. The van der Waals surface area contributed by atoms with E-state index in [0.29, 0.717) is 37.8 Å². The van der Waals surface area contributed by atoms with Crippen molar-refractivity contribution in [2.24, 2.45) is 5.92 Å². The third kappa shape index (κ3) is 9.84. The van der Waals surface area contributed by atoms with Crippen molar-refractivity contribution in [2.45, 2.75) is 102 Å². The van der Waals surface area contributed by atoms with E-state index in [4.69, 9.17) is 4.74 Å². The number of aryl methyl sites for hydroxylation is 1. The predicted octanol–water partition coefficient (Wildman–Crippen LogP) is 4.33. The fourth-order valence-corrected chi connectivity index (χ4v) is 7.66. The highest BCUT2D eigenvalue weighted by molar-refractivity contribution is 5.96. The molecule has 10 nitrogen and oxygen atoms in total. The molecule has 0 aromatic heterocycles. The van der Waals surface area contributed by atoms with Crippen molar-refractivity contribution in [3.63, 3.8) is 0 Å². The van der Waals surface area contributed by atoms with Gasteiger partial charge >= 0.3 is 0 Å². The molecular weight excluding hydrogens is 680 g/mol. The van der Waals surface area contributed by atoms with Crippen LogP contribution in [0.25, 0.3) is 0 Å². The minimum atomic E-state index is -1.21. The summed E-state index contributed by atoms with van der Waals surface area (Å²) in [5.41, 5.74) is 1.41. The summed E-state index contributed by atoms with van der Waals surface area (Å²) in [6, 6.07) is 19.4. The predicted molar refractivity (Wildman–Crippen MR) is 195 cm³/mol. The van der Waals surface area contributed by atoms with Gasteiger partial charge in [-0.1, -0.05) is 62.7 Å². The number of nitrogens with zero attached hydrogens (tertiary/aromatic N) is 2. The number of aliphatic hydroxyl groups is 1. The molecule has 2 heterocycles. The molecule has 12 heteroatoms. The van der Waals surface area contributed by atoms with Crippen molar-refractivity contribution in [3.05, 3.63) is 107 Å². The quantitative estimate of drug-likeness (QED) is 0.172. The first-order chi connectivity index (χ1) is 25.4. The molecule has 5 rings (SSSR count). The Hall–Kier alpha value is -4.70. The molecule has 2 saturated heterocycles. The van der Waals surface area contributed by atoms with Crippen LogP contribution in [-0.4, -0.2) is 76.7 Å². The van der Waals surface area contributed by atoms with Crippen LogP contribution in [0.4, 0.5) is 8.78 Å². The highest BCUT2D eigenvalue weighted by atomic mass is 19.1. The number of hydrogen-bond acceptors (Lipinski definition) is 7. The Morgan fingerprint density at radius 1 is 1.08 bits per heavy atom. The molecule has 0 spiro atoms. The number of nitriles is 1. The number of aliphatic hydroxyl groups excluding tert-OH is 1. The average Bonchev–Trinajstić information content (AvgIpc) is 3.74. The molecule has 2 aliphatic heterocycles. The topological polar surface area (TPSA) is 144 Å². The van der Waals surface area contributed by atoms with Crippen LogP contribution in [0.1, 0.15) is 68.7 Å². The van der Waals surface area contributed by atoms with Gasteiger partial charge in [-0.25, -0.2) is 8.78 Å². The number of likely N-dealkylation sites (tertiary alicyclic amines) is 1. The molecule has 0 radical (unpaired) electrons. The standard InChI is InChI=1S/C41H49F2N5O5/c1-4-26(2)41(47-27(3)49)15-16-48(40(41)52)37(14-13-28-9-6-5-7-10-28)39(51)46-36(20-31-18-32(42)21-33(43)19-31)38(50)35-22-34(24-45-35)53-25-30-12-8-11-29(17-30)23-44/h5-12,17-19,21,26,34-38,45,50H,4,13-16,20,22,24-25H2,1-3H3,(H,46,51)(H,47,49)/t26-,34-,35-,36+,37+,38-,41+/m1/s1. The van der Waals surface area contributed by atoms with Gasteiger partial charge in [-0.2, -0.15) is 5.26 Å². The lowest BCUT2D eigenvalue weighted by Gasteiger charge is -2.36. The molecule has 7 atom stereocenters. The SMILES string of the molecule is CC[C@@H](C)[C@@]1(NC(C)=O)CCN([C@@H](CCc2ccccc2)C(=O)N[C@@H](Cc2cc(F)cc(F)c2)[C@H](O)[C@H]2C[C@@H](OCc3cccc(C#N)c3)CN2)C1=O. The Kier molecular flexibility index (Phi) is 13.3. The summed E-state index contributed by atoms with van der Waals surface area (Å²) in [7, 11) is 0. The van der Waals surface area contributed by atoms with E-state index in [1.54, 1.807) is 18.2 Å². The van der Waals surface area contributed by atoms with Gasteiger partial charge in [0.05, 0.1) is 36.5 Å². The van der Waals surface area contributed by atoms with Gasteiger partial charge < -0.3 is 30.7 Å². The van der Waals surface area contributed by atoms with Crippen molar-refractivity contribution >= 4 is 17.7 Å². The van der Waals surface area contributed by atoms with E-state index in [9.17, 15) is 33.5 Å². The lowest BCUT2D eigenvalue weighted by molar-refractivity contribution is -0.144. The minimum Gasteiger partial charge on any atom is -0.389 e. The Morgan fingerprint density at radius 2 is 1.79 bits per heavy atom. The van der Waals surface area contributed by atoms with E-state index in [1.807, 2.05) is 50.2 Å². The number of carbonyl (C=O) groups excluding carboxylic acids is 3. The Bertz CT molecular complexity index is 1770. The number of amides is 3. The number of carbonyl (C=O) groups is 3. The summed E-state index contributed by atoms with van der Waals surface area (Å²) in [4.78, 5) is 42.7. The number of hydrogen-bond donors (Lipinski definition) is 4. The van der Waals surface area contributed by atoms with Crippen molar-refractivity contribution in [2.75, 3.05) is 13.1 Å². The van der Waals surface area contributed by atoms with Crippen molar-refractivity contribution < 1.29 is 33.0 Å². The van der Waals surface area contributed by atoms with Crippen LogP contribution in [0.15, 0.2) is 72.8 Å². The van der Waals surface area contributed by atoms with E-state index in [1.165, 1.54) is 24.0 Å². The van der Waals surface area contributed by atoms with Gasteiger partial charge in [0.2, 0.25) is 17.7 Å². The molecule has 4 N–H and O–H groups in total. The molecule has 3 aromatic carbocycles. The van der Waals surface area contributed by atoms with E-state index in [0.717, 1.165) is 17.2 Å². The van der Waals surface area contributed by atoms with Crippen LogP contribution in [0.2, 0.25) is 0 Å².